The molecule has 0 saturated carbocycles. The number of rotatable bonds is 4. The predicted octanol–water partition coefficient (Wildman–Crippen LogP) is -0.661. The van der Waals surface area contributed by atoms with Crippen LogP contribution < -0.4 is 0 Å². The molecule has 0 radical (unpaired) electrons. The van der Waals surface area contributed by atoms with Crippen molar-refractivity contribution in [2.24, 2.45) is 0 Å². The van der Waals surface area contributed by atoms with Gasteiger partial charge in [-0.05, 0) is 6.92 Å². The quantitative estimate of drug-likeness (QED) is 0.614. The summed E-state index contributed by atoms with van der Waals surface area (Å²) in [4.78, 5) is 26.8. The summed E-state index contributed by atoms with van der Waals surface area (Å²) in [6.45, 7) is 4.20. The molecule has 1 fully saturated rings. The molecule has 0 aromatic carbocycles. The van der Waals surface area contributed by atoms with Crippen LogP contribution in [-0.2, 0) is 19.1 Å². The van der Waals surface area contributed by atoms with E-state index in [0.717, 1.165) is 0 Å². The van der Waals surface area contributed by atoms with Crippen LogP contribution in [0.25, 0.3) is 0 Å². The largest absolute Gasteiger partial charge is 0.468 e. The van der Waals surface area contributed by atoms with Gasteiger partial charge in [-0.2, -0.15) is 0 Å². The predicted molar refractivity (Wildman–Crippen MR) is 61.5 cm³/mol. The molecule has 0 bridgehead atoms. The molecule has 0 spiro atoms. The van der Waals surface area contributed by atoms with E-state index in [0.29, 0.717) is 19.7 Å². The lowest BCUT2D eigenvalue weighted by atomic mass is 10.2. The van der Waals surface area contributed by atoms with E-state index in [1.54, 1.807) is 11.9 Å². The number of ether oxygens (including phenoxy) is 2. The summed E-state index contributed by atoms with van der Waals surface area (Å²) in [7, 11) is 3.09. The highest BCUT2D eigenvalue weighted by atomic mass is 16.5. The number of nitrogens with zero attached hydrogens (tertiary/aromatic N) is 2. The molecule has 1 unspecified atom stereocenters. The maximum Gasteiger partial charge on any atom is 0.325 e. The summed E-state index contributed by atoms with van der Waals surface area (Å²) in [5.41, 5.74) is 0. The van der Waals surface area contributed by atoms with Crippen LogP contribution in [0.5, 0.6) is 0 Å². The second-order valence-corrected chi connectivity index (χ2v) is 3.99. The Morgan fingerprint density at radius 2 is 2.24 bits per heavy atom. The van der Waals surface area contributed by atoms with Gasteiger partial charge in [0.05, 0.1) is 26.9 Å². The van der Waals surface area contributed by atoms with Crippen LogP contribution in [0.15, 0.2) is 0 Å². The average Bonchev–Trinajstić information content (AvgIpc) is 2.37. The summed E-state index contributed by atoms with van der Waals surface area (Å²) in [6.07, 6.45) is 0. The molecular weight excluding hydrogens is 224 g/mol. The van der Waals surface area contributed by atoms with Gasteiger partial charge >= 0.3 is 5.97 Å². The van der Waals surface area contributed by atoms with Crippen LogP contribution in [0.3, 0.4) is 0 Å². The van der Waals surface area contributed by atoms with E-state index in [1.165, 1.54) is 7.11 Å². The zero-order chi connectivity index (χ0) is 12.8. The Morgan fingerprint density at radius 3 is 2.82 bits per heavy atom. The van der Waals surface area contributed by atoms with Gasteiger partial charge in [-0.15, -0.1) is 0 Å². The van der Waals surface area contributed by atoms with Crippen LogP contribution in [0.2, 0.25) is 0 Å². The van der Waals surface area contributed by atoms with Crippen molar-refractivity contribution < 1.29 is 19.1 Å². The lowest BCUT2D eigenvalue weighted by Gasteiger charge is -2.33. The van der Waals surface area contributed by atoms with Gasteiger partial charge in [0, 0.05) is 20.1 Å². The maximum atomic E-state index is 11.8. The monoisotopic (exact) mass is 244 g/mol. The summed E-state index contributed by atoms with van der Waals surface area (Å²) in [6, 6.07) is -0.469. The first-order valence-corrected chi connectivity index (χ1v) is 5.73. The summed E-state index contributed by atoms with van der Waals surface area (Å²) >= 11 is 0. The van der Waals surface area contributed by atoms with Crippen molar-refractivity contribution in [1.29, 1.82) is 0 Å². The lowest BCUT2D eigenvalue weighted by molar-refractivity contribution is -0.154. The second kappa shape index (κ2) is 6.56. The van der Waals surface area contributed by atoms with Crippen LogP contribution in [-0.4, -0.2) is 74.7 Å². The van der Waals surface area contributed by atoms with Gasteiger partial charge in [0.1, 0.15) is 6.04 Å². The number of esters is 1. The lowest BCUT2D eigenvalue weighted by Crippen LogP contribution is -2.53. The van der Waals surface area contributed by atoms with E-state index in [-0.39, 0.29) is 25.0 Å². The fourth-order valence-corrected chi connectivity index (χ4v) is 1.65. The van der Waals surface area contributed by atoms with E-state index in [4.69, 9.17) is 9.47 Å². The summed E-state index contributed by atoms with van der Waals surface area (Å²) in [5, 5.41) is 0. The fourth-order valence-electron chi connectivity index (χ4n) is 1.65. The number of morpholine rings is 1. The van der Waals surface area contributed by atoms with Crippen LogP contribution in [0.1, 0.15) is 6.92 Å². The standard InChI is InChI=1S/C11H20N2O4/c1-4-12(2)10(14)7-13-5-6-17-8-9(13)11(15)16-3/h9H,4-8H2,1-3H3. The van der Waals surface area contributed by atoms with Gasteiger partial charge in [-0.3, -0.25) is 14.5 Å². The zero-order valence-corrected chi connectivity index (χ0v) is 10.6. The molecule has 6 heteroatoms. The molecule has 1 rings (SSSR count). The number of hydrogen-bond donors (Lipinski definition) is 0. The van der Waals surface area contributed by atoms with Crippen molar-refractivity contribution in [2.75, 3.05) is 47.0 Å². The Morgan fingerprint density at radius 1 is 1.53 bits per heavy atom. The molecule has 1 amide bonds. The minimum absolute atomic E-state index is 0.00306. The van der Waals surface area contributed by atoms with Crippen LogP contribution in [0, 0.1) is 0 Å². The third kappa shape index (κ3) is 3.67. The third-order valence-electron chi connectivity index (χ3n) is 2.95. The van der Waals surface area contributed by atoms with Gasteiger partial charge in [-0.25, -0.2) is 0 Å². The Balaban J connectivity index is 2.59. The molecular formula is C11H20N2O4. The molecule has 6 nitrogen and oxygen atoms in total. The second-order valence-electron chi connectivity index (χ2n) is 3.99. The minimum Gasteiger partial charge on any atom is -0.468 e. The normalized spacial score (nSPS) is 21.0. The van der Waals surface area contributed by atoms with Gasteiger partial charge in [0.15, 0.2) is 0 Å². The first kappa shape index (κ1) is 13.9. The smallest absolute Gasteiger partial charge is 0.325 e. The topological polar surface area (TPSA) is 59.1 Å². The molecule has 0 aromatic heterocycles. The molecule has 1 atom stereocenters. The highest BCUT2D eigenvalue weighted by Gasteiger charge is 2.31. The van der Waals surface area contributed by atoms with E-state index < -0.39 is 6.04 Å². The molecule has 17 heavy (non-hydrogen) atoms. The van der Waals surface area contributed by atoms with Crippen LogP contribution >= 0.6 is 0 Å². The maximum absolute atomic E-state index is 11.8. The number of hydrogen-bond acceptors (Lipinski definition) is 5. The van der Waals surface area contributed by atoms with Crippen molar-refractivity contribution in [3.63, 3.8) is 0 Å². The fraction of sp³-hybridized carbons (Fsp3) is 0.818. The molecule has 1 saturated heterocycles. The number of amides is 1. The molecule has 1 heterocycles. The molecule has 1 aliphatic rings. The molecule has 0 N–H and O–H groups in total. The van der Waals surface area contributed by atoms with Crippen molar-refractivity contribution in [2.45, 2.75) is 13.0 Å². The molecule has 0 aliphatic carbocycles. The van der Waals surface area contributed by atoms with Crippen molar-refractivity contribution in [3.8, 4) is 0 Å². The number of carbonyl (C=O) groups is 2. The SMILES string of the molecule is CCN(C)C(=O)CN1CCOCC1C(=O)OC. The Bertz CT molecular complexity index is 283. The summed E-state index contributed by atoms with van der Waals surface area (Å²) < 4.78 is 9.94. The van der Waals surface area contributed by atoms with Gasteiger partial charge < -0.3 is 14.4 Å². The summed E-state index contributed by atoms with van der Waals surface area (Å²) in [5.74, 6) is -0.347. The Labute approximate surface area is 101 Å². The molecule has 1 aliphatic heterocycles. The Hall–Kier alpha value is -1.14. The number of likely N-dealkylation sites (N-methyl/N-ethyl adjacent to an activating group) is 1. The highest BCUT2D eigenvalue weighted by Crippen LogP contribution is 2.08. The van der Waals surface area contributed by atoms with Crippen molar-refractivity contribution in [3.05, 3.63) is 0 Å². The van der Waals surface area contributed by atoms with E-state index in [9.17, 15) is 9.59 Å². The van der Waals surface area contributed by atoms with E-state index in [1.807, 2.05) is 11.8 Å². The van der Waals surface area contributed by atoms with Crippen LogP contribution in [0.4, 0.5) is 0 Å². The number of methoxy groups -OCH3 is 1. The first-order valence-electron chi connectivity index (χ1n) is 5.73. The third-order valence-corrected chi connectivity index (χ3v) is 2.95. The number of carbonyl (C=O) groups excluding carboxylic acids is 2. The first-order chi connectivity index (χ1) is 8.10. The van der Waals surface area contributed by atoms with E-state index >= 15 is 0 Å². The van der Waals surface area contributed by atoms with Gasteiger partial charge in [0.2, 0.25) is 5.91 Å². The zero-order valence-electron chi connectivity index (χ0n) is 10.6. The highest BCUT2D eigenvalue weighted by molar-refractivity contribution is 5.80. The van der Waals surface area contributed by atoms with Gasteiger partial charge in [-0.1, -0.05) is 0 Å². The molecule has 98 valence electrons. The Kier molecular flexibility index (Phi) is 5.37. The van der Waals surface area contributed by atoms with Crippen molar-refractivity contribution in [1.82, 2.24) is 9.80 Å². The minimum atomic E-state index is -0.469. The van der Waals surface area contributed by atoms with E-state index in [2.05, 4.69) is 0 Å². The average molecular weight is 244 g/mol. The van der Waals surface area contributed by atoms with Crippen molar-refractivity contribution >= 4 is 11.9 Å². The molecule has 0 aromatic rings. The van der Waals surface area contributed by atoms with Gasteiger partial charge in [0.25, 0.3) is 0 Å².